The summed E-state index contributed by atoms with van der Waals surface area (Å²) in [6.07, 6.45) is 1.93. The number of phenolic OH excluding ortho intramolecular Hbond substituents is 1. The lowest BCUT2D eigenvalue weighted by Gasteiger charge is -2.12. The van der Waals surface area contributed by atoms with Crippen LogP contribution in [0.5, 0.6) is 5.75 Å². The van der Waals surface area contributed by atoms with E-state index in [4.69, 9.17) is 22.4 Å². The summed E-state index contributed by atoms with van der Waals surface area (Å²) in [5.74, 6) is 0.178. The Labute approximate surface area is 83.3 Å². The molecule has 0 bridgehead atoms. The smallest absolute Gasteiger partial charge is 0.117 e. The number of hydrogen-bond donors (Lipinski definition) is 2. The highest BCUT2D eigenvalue weighted by Crippen LogP contribution is 2.27. The standard InChI is InChI=1S/C10H14ClNO/c1-2-3-10(12)8-5-4-7(13)6-9(8)11/h4-6,10,13H,2-3,12H2,1H3/t10-/m1/s1. The Bertz CT molecular complexity index is 288. The molecule has 0 aliphatic heterocycles. The zero-order valence-electron chi connectivity index (χ0n) is 7.63. The minimum Gasteiger partial charge on any atom is -0.508 e. The molecular formula is C10H14ClNO. The van der Waals surface area contributed by atoms with Gasteiger partial charge in [-0.25, -0.2) is 0 Å². The van der Waals surface area contributed by atoms with Gasteiger partial charge >= 0.3 is 0 Å². The quantitative estimate of drug-likeness (QED) is 0.787. The van der Waals surface area contributed by atoms with Crippen LogP contribution < -0.4 is 5.73 Å². The largest absolute Gasteiger partial charge is 0.508 e. The lowest BCUT2D eigenvalue weighted by atomic mass is 10.0. The Morgan fingerprint density at radius 2 is 2.23 bits per heavy atom. The first-order valence-electron chi connectivity index (χ1n) is 4.39. The highest BCUT2D eigenvalue weighted by molar-refractivity contribution is 6.31. The Kier molecular flexibility index (Phi) is 3.58. The summed E-state index contributed by atoms with van der Waals surface area (Å²) < 4.78 is 0. The third kappa shape index (κ3) is 2.61. The molecule has 2 nitrogen and oxygen atoms in total. The predicted octanol–water partition coefficient (Wildman–Crippen LogP) is 2.85. The van der Waals surface area contributed by atoms with Crippen molar-refractivity contribution in [3.63, 3.8) is 0 Å². The first kappa shape index (κ1) is 10.4. The van der Waals surface area contributed by atoms with E-state index in [-0.39, 0.29) is 11.8 Å². The van der Waals surface area contributed by atoms with E-state index in [1.807, 2.05) is 0 Å². The summed E-state index contributed by atoms with van der Waals surface area (Å²) in [4.78, 5) is 0. The molecule has 3 heteroatoms. The Balaban J connectivity index is 2.88. The van der Waals surface area contributed by atoms with Crippen molar-refractivity contribution in [3.8, 4) is 5.75 Å². The summed E-state index contributed by atoms with van der Waals surface area (Å²) in [5.41, 5.74) is 6.79. The molecule has 0 spiro atoms. The van der Waals surface area contributed by atoms with Crippen molar-refractivity contribution in [2.45, 2.75) is 25.8 Å². The van der Waals surface area contributed by atoms with Crippen LogP contribution in [0.25, 0.3) is 0 Å². The Morgan fingerprint density at radius 1 is 1.54 bits per heavy atom. The fraction of sp³-hybridized carbons (Fsp3) is 0.400. The third-order valence-corrected chi connectivity index (χ3v) is 2.31. The average molecular weight is 200 g/mol. The molecule has 0 aliphatic rings. The van der Waals surface area contributed by atoms with Crippen LogP contribution in [0.1, 0.15) is 31.4 Å². The second-order valence-corrected chi connectivity index (χ2v) is 3.51. The summed E-state index contributed by atoms with van der Waals surface area (Å²) >= 11 is 5.92. The molecule has 0 amide bonds. The molecule has 0 saturated heterocycles. The maximum absolute atomic E-state index is 9.12. The van der Waals surface area contributed by atoms with Gasteiger partial charge in [0.15, 0.2) is 0 Å². The first-order valence-corrected chi connectivity index (χ1v) is 4.77. The van der Waals surface area contributed by atoms with Gasteiger partial charge in [-0.05, 0) is 24.1 Å². The van der Waals surface area contributed by atoms with Crippen LogP contribution in [0.2, 0.25) is 5.02 Å². The van der Waals surface area contributed by atoms with Gasteiger partial charge in [-0.1, -0.05) is 31.0 Å². The van der Waals surface area contributed by atoms with Crippen LogP contribution in [-0.2, 0) is 0 Å². The molecule has 0 radical (unpaired) electrons. The molecule has 72 valence electrons. The molecule has 13 heavy (non-hydrogen) atoms. The molecule has 1 rings (SSSR count). The maximum atomic E-state index is 9.12. The fourth-order valence-corrected chi connectivity index (χ4v) is 1.60. The van der Waals surface area contributed by atoms with Gasteiger partial charge in [0.1, 0.15) is 5.75 Å². The van der Waals surface area contributed by atoms with Crippen LogP contribution in [0.4, 0.5) is 0 Å². The minimum atomic E-state index is -0.0295. The van der Waals surface area contributed by atoms with E-state index in [1.165, 1.54) is 6.07 Å². The predicted molar refractivity (Wildman–Crippen MR) is 55.0 cm³/mol. The molecule has 3 N–H and O–H groups in total. The molecule has 0 fully saturated rings. The topological polar surface area (TPSA) is 46.2 Å². The number of hydrogen-bond acceptors (Lipinski definition) is 2. The van der Waals surface area contributed by atoms with Gasteiger partial charge in [-0.15, -0.1) is 0 Å². The van der Waals surface area contributed by atoms with Gasteiger partial charge in [-0.2, -0.15) is 0 Å². The van der Waals surface area contributed by atoms with Crippen molar-refractivity contribution in [2.24, 2.45) is 5.73 Å². The van der Waals surface area contributed by atoms with Gasteiger partial charge in [0.25, 0.3) is 0 Å². The number of aromatic hydroxyl groups is 1. The number of nitrogens with two attached hydrogens (primary N) is 1. The molecule has 0 saturated carbocycles. The maximum Gasteiger partial charge on any atom is 0.117 e. The van der Waals surface area contributed by atoms with Crippen molar-refractivity contribution < 1.29 is 5.11 Å². The van der Waals surface area contributed by atoms with Crippen LogP contribution in [0.15, 0.2) is 18.2 Å². The van der Waals surface area contributed by atoms with Gasteiger partial charge in [0.05, 0.1) is 0 Å². The van der Waals surface area contributed by atoms with E-state index >= 15 is 0 Å². The monoisotopic (exact) mass is 199 g/mol. The second-order valence-electron chi connectivity index (χ2n) is 3.10. The van der Waals surface area contributed by atoms with E-state index in [2.05, 4.69) is 6.92 Å². The number of rotatable bonds is 3. The van der Waals surface area contributed by atoms with Crippen molar-refractivity contribution in [3.05, 3.63) is 28.8 Å². The van der Waals surface area contributed by atoms with Crippen molar-refractivity contribution in [1.29, 1.82) is 0 Å². The number of benzene rings is 1. The molecule has 1 aromatic rings. The van der Waals surface area contributed by atoms with Crippen LogP contribution in [0, 0.1) is 0 Å². The van der Waals surface area contributed by atoms with E-state index in [0.29, 0.717) is 5.02 Å². The van der Waals surface area contributed by atoms with E-state index in [0.717, 1.165) is 18.4 Å². The lowest BCUT2D eigenvalue weighted by Crippen LogP contribution is -2.09. The molecule has 0 unspecified atom stereocenters. The molecule has 1 atom stereocenters. The summed E-state index contributed by atoms with van der Waals surface area (Å²) in [6, 6.07) is 4.87. The van der Waals surface area contributed by atoms with E-state index in [9.17, 15) is 0 Å². The SMILES string of the molecule is CCC[C@@H](N)c1ccc(O)cc1Cl. The van der Waals surface area contributed by atoms with Crippen LogP contribution >= 0.6 is 11.6 Å². The summed E-state index contributed by atoms with van der Waals surface area (Å²) in [5, 5.41) is 9.67. The van der Waals surface area contributed by atoms with Crippen molar-refractivity contribution >= 4 is 11.6 Å². The lowest BCUT2D eigenvalue weighted by molar-refractivity contribution is 0.474. The molecular weight excluding hydrogens is 186 g/mol. The minimum absolute atomic E-state index is 0.0295. The van der Waals surface area contributed by atoms with Crippen molar-refractivity contribution in [1.82, 2.24) is 0 Å². The first-order chi connectivity index (χ1) is 6.15. The molecule has 0 aliphatic carbocycles. The number of phenols is 1. The second kappa shape index (κ2) is 4.49. The van der Waals surface area contributed by atoms with Gasteiger partial charge in [0.2, 0.25) is 0 Å². The molecule has 0 heterocycles. The zero-order chi connectivity index (χ0) is 9.84. The van der Waals surface area contributed by atoms with Crippen LogP contribution in [0.3, 0.4) is 0 Å². The third-order valence-electron chi connectivity index (χ3n) is 1.98. The number of halogens is 1. The normalized spacial score (nSPS) is 12.8. The Hall–Kier alpha value is -0.730. The highest BCUT2D eigenvalue weighted by Gasteiger charge is 2.09. The Morgan fingerprint density at radius 3 is 2.77 bits per heavy atom. The molecule has 1 aromatic carbocycles. The van der Waals surface area contributed by atoms with Gasteiger partial charge in [-0.3, -0.25) is 0 Å². The molecule has 0 aromatic heterocycles. The van der Waals surface area contributed by atoms with E-state index in [1.54, 1.807) is 12.1 Å². The summed E-state index contributed by atoms with van der Waals surface area (Å²) in [7, 11) is 0. The van der Waals surface area contributed by atoms with Crippen LogP contribution in [-0.4, -0.2) is 5.11 Å². The van der Waals surface area contributed by atoms with E-state index < -0.39 is 0 Å². The average Bonchev–Trinajstić information content (AvgIpc) is 2.04. The van der Waals surface area contributed by atoms with Crippen molar-refractivity contribution in [2.75, 3.05) is 0 Å². The van der Waals surface area contributed by atoms with Gasteiger partial charge < -0.3 is 10.8 Å². The fourth-order valence-electron chi connectivity index (χ4n) is 1.28. The van der Waals surface area contributed by atoms with Gasteiger partial charge in [0, 0.05) is 11.1 Å². The highest BCUT2D eigenvalue weighted by atomic mass is 35.5. The summed E-state index contributed by atoms with van der Waals surface area (Å²) in [6.45, 7) is 2.08. The zero-order valence-corrected chi connectivity index (χ0v) is 8.38.